The minimum Gasteiger partial charge on any atom is -0.453 e. The Hall–Kier alpha value is -6.84. The molecule has 0 aromatic heterocycles. The normalized spacial score (nSPS) is 14.7. The molecule has 0 fully saturated rings. The molecule has 3 aliphatic rings. The third-order valence-corrected chi connectivity index (χ3v) is 13.0. The Kier molecular flexibility index (Phi) is 7.46. The van der Waals surface area contributed by atoms with Crippen LogP contribution in [0.3, 0.4) is 0 Å². The SMILES string of the molecule is Cc1cccc2c1N1c3ccc(-c4ccc(-c5ccc(N(c6ccccc6)c6ccc7c(c6)C(C)(C)c6ccccc6-7)cc5)cc4)cc3C(C)(C)c3cccc(c31)O2. The van der Waals surface area contributed by atoms with Crippen molar-refractivity contribution in [3.05, 3.63) is 204 Å². The molecule has 0 amide bonds. The molecule has 3 nitrogen and oxygen atoms in total. The Morgan fingerprint density at radius 1 is 0.414 bits per heavy atom. The fraction of sp³-hybridized carbons (Fsp3) is 0.127. The molecule has 0 radical (unpaired) electrons. The molecule has 8 aromatic rings. The monoisotopic (exact) mass is 748 g/mol. The molecule has 0 bridgehead atoms. The molecule has 1 aliphatic carbocycles. The number of ether oxygens (including phenoxy) is 1. The molecule has 0 saturated heterocycles. The number of benzene rings is 8. The maximum Gasteiger partial charge on any atom is 0.151 e. The molecule has 8 aromatic carbocycles. The summed E-state index contributed by atoms with van der Waals surface area (Å²) in [4.78, 5) is 4.80. The molecule has 0 saturated carbocycles. The van der Waals surface area contributed by atoms with Crippen LogP contribution in [0.1, 0.15) is 55.5 Å². The molecule has 2 heterocycles. The summed E-state index contributed by atoms with van der Waals surface area (Å²) in [6, 6.07) is 64.4. The smallest absolute Gasteiger partial charge is 0.151 e. The van der Waals surface area contributed by atoms with Gasteiger partial charge in [0.2, 0.25) is 0 Å². The zero-order valence-corrected chi connectivity index (χ0v) is 33.5. The van der Waals surface area contributed by atoms with Gasteiger partial charge in [-0.1, -0.05) is 143 Å². The van der Waals surface area contributed by atoms with Crippen LogP contribution in [0, 0.1) is 6.92 Å². The molecule has 11 rings (SSSR count). The molecule has 2 aliphatic heterocycles. The van der Waals surface area contributed by atoms with Gasteiger partial charge in [-0.05, 0) is 129 Å². The van der Waals surface area contributed by atoms with Crippen molar-refractivity contribution in [1.29, 1.82) is 0 Å². The Bertz CT molecular complexity index is 2920. The van der Waals surface area contributed by atoms with E-state index in [1.165, 1.54) is 66.9 Å². The topological polar surface area (TPSA) is 15.7 Å². The first-order chi connectivity index (χ1) is 28.2. The summed E-state index contributed by atoms with van der Waals surface area (Å²) in [6.45, 7) is 11.5. The van der Waals surface area contributed by atoms with Crippen LogP contribution in [0.15, 0.2) is 176 Å². The maximum absolute atomic E-state index is 6.50. The molecule has 0 atom stereocenters. The highest BCUT2D eigenvalue weighted by atomic mass is 16.5. The lowest BCUT2D eigenvalue weighted by atomic mass is 9.72. The van der Waals surface area contributed by atoms with Gasteiger partial charge < -0.3 is 14.5 Å². The molecule has 0 N–H and O–H groups in total. The van der Waals surface area contributed by atoms with Gasteiger partial charge in [0.15, 0.2) is 11.5 Å². The van der Waals surface area contributed by atoms with Gasteiger partial charge in [-0.25, -0.2) is 0 Å². The van der Waals surface area contributed by atoms with Crippen LogP contribution in [0.25, 0.3) is 33.4 Å². The van der Waals surface area contributed by atoms with E-state index < -0.39 is 0 Å². The summed E-state index contributed by atoms with van der Waals surface area (Å²) >= 11 is 0. The van der Waals surface area contributed by atoms with E-state index in [0.717, 1.165) is 39.9 Å². The second kappa shape index (κ2) is 12.6. The summed E-state index contributed by atoms with van der Waals surface area (Å²) in [5, 5.41) is 0. The highest BCUT2D eigenvalue weighted by Gasteiger charge is 2.42. The van der Waals surface area contributed by atoms with Crippen LogP contribution in [0.2, 0.25) is 0 Å². The summed E-state index contributed by atoms with van der Waals surface area (Å²) < 4.78 is 6.50. The predicted molar refractivity (Wildman–Crippen MR) is 241 cm³/mol. The Labute approximate surface area is 341 Å². The number of fused-ring (bicyclic) bond motifs is 7. The Morgan fingerprint density at radius 3 is 1.72 bits per heavy atom. The van der Waals surface area contributed by atoms with Gasteiger partial charge in [0.05, 0.1) is 17.1 Å². The van der Waals surface area contributed by atoms with Gasteiger partial charge in [-0.3, -0.25) is 0 Å². The number of aryl methyl sites for hydroxylation is 1. The first kappa shape index (κ1) is 34.4. The lowest BCUT2D eigenvalue weighted by Gasteiger charge is -2.45. The third kappa shape index (κ3) is 5.06. The van der Waals surface area contributed by atoms with E-state index in [-0.39, 0.29) is 10.8 Å². The average molecular weight is 749 g/mol. The summed E-state index contributed by atoms with van der Waals surface area (Å²) in [5.41, 5.74) is 20.6. The van der Waals surface area contributed by atoms with Crippen LogP contribution in [-0.4, -0.2) is 0 Å². The molecule has 58 heavy (non-hydrogen) atoms. The van der Waals surface area contributed by atoms with E-state index in [1.807, 2.05) is 0 Å². The van der Waals surface area contributed by atoms with E-state index in [0.29, 0.717) is 0 Å². The molecule has 0 unspecified atom stereocenters. The van der Waals surface area contributed by atoms with Crippen LogP contribution >= 0.6 is 0 Å². The van der Waals surface area contributed by atoms with E-state index in [1.54, 1.807) is 0 Å². The minimum atomic E-state index is -0.215. The number of hydrogen-bond donors (Lipinski definition) is 0. The van der Waals surface area contributed by atoms with E-state index in [4.69, 9.17) is 4.74 Å². The largest absolute Gasteiger partial charge is 0.453 e. The van der Waals surface area contributed by atoms with E-state index >= 15 is 0 Å². The second-order valence-electron chi connectivity index (χ2n) is 17.1. The summed E-state index contributed by atoms with van der Waals surface area (Å²) in [5.74, 6) is 1.81. The maximum atomic E-state index is 6.50. The number of nitrogens with zero attached hydrogens (tertiary/aromatic N) is 2. The van der Waals surface area contributed by atoms with Gasteiger partial charge in [-0.2, -0.15) is 0 Å². The minimum absolute atomic E-state index is 0.0702. The summed E-state index contributed by atoms with van der Waals surface area (Å²) in [6.07, 6.45) is 0. The van der Waals surface area contributed by atoms with E-state index in [2.05, 4.69) is 220 Å². The highest BCUT2D eigenvalue weighted by Crippen LogP contribution is 2.60. The van der Waals surface area contributed by atoms with Crippen molar-refractivity contribution in [2.75, 3.05) is 9.80 Å². The second-order valence-corrected chi connectivity index (χ2v) is 17.1. The van der Waals surface area contributed by atoms with Crippen molar-refractivity contribution in [3.63, 3.8) is 0 Å². The van der Waals surface area contributed by atoms with Crippen molar-refractivity contribution >= 4 is 34.1 Å². The first-order valence-electron chi connectivity index (χ1n) is 20.3. The Balaban J connectivity index is 0.918. The molecular weight excluding hydrogens is 705 g/mol. The van der Waals surface area contributed by atoms with Gasteiger partial charge in [-0.15, -0.1) is 0 Å². The zero-order chi connectivity index (χ0) is 39.3. The molecule has 0 spiro atoms. The zero-order valence-electron chi connectivity index (χ0n) is 33.5. The summed E-state index contributed by atoms with van der Waals surface area (Å²) in [7, 11) is 0. The van der Waals surface area contributed by atoms with E-state index in [9.17, 15) is 0 Å². The van der Waals surface area contributed by atoms with Gasteiger partial charge in [0, 0.05) is 27.9 Å². The molecule has 280 valence electrons. The van der Waals surface area contributed by atoms with Crippen LogP contribution < -0.4 is 14.5 Å². The number of hydrogen-bond acceptors (Lipinski definition) is 3. The first-order valence-corrected chi connectivity index (χ1v) is 20.3. The van der Waals surface area contributed by atoms with Crippen molar-refractivity contribution in [3.8, 4) is 44.9 Å². The van der Waals surface area contributed by atoms with Crippen molar-refractivity contribution in [2.24, 2.45) is 0 Å². The van der Waals surface area contributed by atoms with Gasteiger partial charge >= 0.3 is 0 Å². The average Bonchev–Trinajstić information content (AvgIpc) is 3.48. The van der Waals surface area contributed by atoms with Crippen molar-refractivity contribution in [1.82, 2.24) is 0 Å². The van der Waals surface area contributed by atoms with Crippen LogP contribution in [0.5, 0.6) is 11.5 Å². The van der Waals surface area contributed by atoms with Crippen LogP contribution in [-0.2, 0) is 10.8 Å². The number of rotatable bonds is 5. The van der Waals surface area contributed by atoms with Gasteiger partial charge in [0.1, 0.15) is 0 Å². The molecule has 3 heteroatoms. The number of anilines is 6. The fourth-order valence-electron chi connectivity index (χ4n) is 9.88. The molecular formula is C55H44N2O. The quantitative estimate of drug-likeness (QED) is 0.174. The fourth-order valence-corrected chi connectivity index (χ4v) is 9.88. The highest BCUT2D eigenvalue weighted by molar-refractivity contribution is 5.95. The lowest BCUT2D eigenvalue weighted by Crippen LogP contribution is -2.32. The predicted octanol–water partition coefficient (Wildman–Crippen LogP) is 15.3. The van der Waals surface area contributed by atoms with Crippen molar-refractivity contribution < 1.29 is 4.74 Å². The third-order valence-electron chi connectivity index (χ3n) is 13.0. The number of para-hydroxylation sites is 3. The lowest BCUT2D eigenvalue weighted by molar-refractivity contribution is 0.471. The van der Waals surface area contributed by atoms with Gasteiger partial charge in [0.25, 0.3) is 0 Å². The van der Waals surface area contributed by atoms with Crippen LogP contribution in [0.4, 0.5) is 34.1 Å². The standard InChI is InChI=1S/C55H44N2O/c1-35-13-11-19-50-52(35)57-49-32-27-39(33-48(49)55(4,5)46-18-12-20-51(58-50)53(46)57)38-23-21-36(22-24-38)37-25-28-41(29-26-37)56(40-14-7-6-8-15-40)42-30-31-44-43-16-9-10-17-45(43)54(2,3)47(44)34-42/h6-34H,1-5H3. The Morgan fingerprint density at radius 2 is 0.966 bits per heavy atom. The van der Waals surface area contributed by atoms with Crippen molar-refractivity contribution in [2.45, 2.75) is 45.4 Å².